The van der Waals surface area contributed by atoms with Crippen molar-refractivity contribution >= 4 is 49.0 Å². The minimum atomic E-state index is -4.08. The molecule has 7 nitrogen and oxygen atoms in total. The van der Waals surface area contributed by atoms with E-state index in [1.807, 2.05) is 48.0 Å². The molecule has 0 saturated carbocycles. The second-order valence-electron chi connectivity index (χ2n) is 7.16. The highest BCUT2D eigenvalue weighted by Gasteiger charge is 2.22. The number of carbonyl (C=O) groups is 1. The van der Waals surface area contributed by atoms with Crippen molar-refractivity contribution in [2.75, 3.05) is 0 Å². The van der Waals surface area contributed by atoms with Gasteiger partial charge in [0, 0.05) is 16.3 Å². The van der Waals surface area contributed by atoms with Crippen molar-refractivity contribution in [1.82, 2.24) is 14.7 Å². The zero-order valence-electron chi connectivity index (χ0n) is 16.4. The van der Waals surface area contributed by atoms with E-state index in [-0.39, 0.29) is 10.6 Å². The Bertz CT molecular complexity index is 1570. The number of para-hydroxylation sites is 2. The second-order valence-corrected chi connectivity index (χ2v) is 8.84. The first-order valence-corrected chi connectivity index (χ1v) is 11.0. The number of fused-ring (bicyclic) bond motifs is 4. The van der Waals surface area contributed by atoms with E-state index in [1.54, 1.807) is 24.3 Å². The number of rotatable bonds is 3. The molecule has 0 bridgehead atoms. The Kier molecular flexibility index (Phi) is 4.37. The van der Waals surface area contributed by atoms with Gasteiger partial charge >= 0.3 is 6.09 Å². The van der Waals surface area contributed by atoms with Crippen molar-refractivity contribution in [3.8, 4) is 5.75 Å². The van der Waals surface area contributed by atoms with Gasteiger partial charge < -0.3 is 9.72 Å². The fraction of sp³-hybridized carbons (Fsp3) is 0.0435. The largest absolute Gasteiger partial charge is 0.426 e. The van der Waals surface area contributed by atoms with Crippen molar-refractivity contribution in [2.24, 2.45) is 0 Å². The van der Waals surface area contributed by atoms with Gasteiger partial charge in [-0.05, 0) is 37.3 Å². The molecule has 0 spiro atoms. The van der Waals surface area contributed by atoms with Crippen LogP contribution in [0, 0.1) is 6.92 Å². The molecule has 0 fully saturated rings. The molecule has 0 radical (unpaired) electrons. The molecule has 0 atom stereocenters. The summed E-state index contributed by atoms with van der Waals surface area (Å²) in [6, 6.07) is 21.0. The molecule has 8 heteroatoms. The summed E-state index contributed by atoms with van der Waals surface area (Å²) in [5, 5.41) is 1.46. The number of ether oxygens (including phenoxy) is 1. The SMILES string of the molecule is Cc1ccc(S(=O)(=O)NC(=O)Oc2c3ccccc3nc3c2[nH]c2ccccc23)cc1. The van der Waals surface area contributed by atoms with Gasteiger partial charge in [-0.2, -0.15) is 0 Å². The van der Waals surface area contributed by atoms with Crippen molar-refractivity contribution in [3.63, 3.8) is 0 Å². The molecule has 1 amide bonds. The number of aryl methyl sites for hydroxylation is 1. The first-order valence-electron chi connectivity index (χ1n) is 9.53. The van der Waals surface area contributed by atoms with Crippen LogP contribution < -0.4 is 9.46 Å². The van der Waals surface area contributed by atoms with Crippen LogP contribution in [0.3, 0.4) is 0 Å². The summed E-state index contributed by atoms with van der Waals surface area (Å²) in [6.07, 6.45) is -1.10. The van der Waals surface area contributed by atoms with Crippen LogP contribution in [0.2, 0.25) is 0 Å². The lowest BCUT2D eigenvalue weighted by molar-refractivity contribution is 0.208. The van der Waals surface area contributed by atoms with Crippen molar-refractivity contribution < 1.29 is 17.9 Å². The predicted molar refractivity (Wildman–Crippen MR) is 119 cm³/mol. The number of pyridine rings is 1. The van der Waals surface area contributed by atoms with Gasteiger partial charge in [0.1, 0.15) is 11.0 Å². The molecule has 2 heterocycles. The zero-order chi connectivity index (χ0) is 21.6. The summed E-state index contributed by atoms with van der Waals surface area (Å²) < 4.78 is 32.7. The third-order valence-electron chi connectivity index (χ3n) is 5.03. The maximum Gasteiger partial charge on any atom is 0.426 e. The number of carbonyl (C=O) groups excluding carboxylic acids is 1. The van der Waals surface area contributed by atoms with Crippen LogP contribution in [0.4, 0.5) is 4.79 Å². The topological polar surface area (TPSA) is 101 Å². The lowest BCUT2D eigenvalue weighted by Gasteiger charge is -2.11. The molecule has 0 unspecified atom stereocenters. The number of aromatic nitrogens is 2. The summed E-state index contributed by atoms with van der Waals surface area (Å²) in [7, 11) is -4.08. The van der Waals surface area contributed by atoms with Crippen molar-refractivity contribution in [2.45, 2.75) is 11.8 Å². The molecular formula is C23H17N3O4S. The van der Waals surface area contributed by atoms with Crippen LogP contribution in [0.25, 0.3) is 32.8 Å². The Labute approximate surface area is 177 Å². The zero-order valence-corrected chi connectivity index (χ0v) is 17.2. The highest BCUT2D eigenvalue weighted by molar-refractivity contribution is 7.90. The minimum absolute atomic E-state index is 0.0228. The molecule has 2 N–H and O–H groups in total. The Balaban J connectivity index is 1.59. The summed E-state index contributed by atoms with van der Waals surface area (Å²) >= 11 is 0. The van der Waals surface area contributed by atoms with E-state index >= 15 is 0 Å². The second kappa shape index (κ2) is 7.10. The highest BCUT2D eigenvalue weighted by Crippen LogP contribution is 2.36. The van der Waals surface area contributed by atoms with Crippen molar-refractivity contribution in [1.29, 1.82) is 0 Å². The molecule has 5 aromatic rings. The van der Waals surface area contributed by atoms with Gasteiger partial charge in [-0.3, -0.25) is 0 Å². The van der Waals surface area contributed by atoms with E-state index < -0.39 is 16.1 Å². The molecule has 3 aromatic carbocycles. The van der Waals surface area contributed by atoms with E-state index in [9.17, 15) is 13.2 Å². The molecular weight excluding hydrogens is 414 g/mol. The smallest absolute Gasteiger partial charge is 0.407 e. The summed E-state index contributed by atoms with van der Waals surface area (Å²) in [5.74, 6) is 0.216. The summed E-state index contributed by atoms with van der Waals surface area (Å²) in [5.41, 5.74) is 3.52. The average molecular weight is 431 g/mol. The van der Waals surface area contributed by atoms with Gasteiger partial charge in [0.25, 0.3) is 10.0 Å². The Morgan fingerprint density at radius 2 is 1.61 bits per heavy atom. The van der Waals surface area contributed by atoms with E-state index in [4.69, 9.17) is 9.72 Å². The van der Waals surface area contributed by atoms with E-state index in [2.05, 4.69) is 4.98 Å². The van der Waals surface area contributed by atoms with Gasteiger partial charge in [-0.15, -0.1) is 0 Å². The Hall–Kier alpha value is -3.91. The van der Waals surface area contributed by atoms with Crippen LogP contribution in [-0.4, -0.2) is 24.5 Å². The lowest BCUT2D eigenvalue weighted by atomic mass is 10.1. The third-order valence-corrected chi connectivity index (χ3v) is 6.36. The number of aromatic amines is 1. The van der Waals surface area contributed by atoms with Crippen molar-refractivity contribution in [3.05, 3.63) is 78.4 Å². The number of hydrogen-bond acceptors (Lipinski definition) is 5. The highest BCUT2D eigenvalue weighted by atomic mass is 32.2. The number of amides is 1. The molecule has 0 aliphatic rings. The molecule has 0 saturated heterocycles. The molecule has 0 aliphatic heterocycles. The molecule has 5 rings (SSSR count). The van der Waals surface area contributed by atoms with Gasteiger partial charge in [0.15, 0.2) is 5.75 Å². The first-order chi connectivity index (χ1) is 14.9. The Morgan fingerprint density at radius 3 is 2.39 bits per heavy atom. The molecule has 154 valence electrons. The number of benzene rings is 3. The number of H-pyrrole nitrogens is 1. The van der Waals surface area contributed by atoms with Crippen LogP contribution >= 0.6 is 0 Å². The number of nitrogens with one attached hydrogen (secondary N) is 2. The van der Waals surface area contributed by atoms with Gasteiger partial charge in [0.05, 0.1) is 10.4 Å². The minimum Gasteiger partial charge on any atom is -0.407 e. The van der Waals surface area contributed by atoms with Gasteiger partial charge in [-0.25, -0.2) is 22.9 Å². The summed E-state index contributed by atoms with van der Waals surface area (Å²) in [4.78, 5) is 20.5. The van der Waals surface area contributed by atoms with Crippen LogP contribution in [0.5, 0.6) is 5.75 Å². The van der Waals surface area contributed by atoms with Gasteiger partial charge in [-0.1, -0.05) is 48.0 Å². The normalized spacial score (nSPS) is 11.8. The molecule has 31 heavy (non-hydrogen) atoms. The number of sulfonamides is 1. The van der Waals surface area contributed by atoms with E-state index in [0.717, 1.165) is 16.5 Å². The van der Waals surface area contributed by atoms with E-state index in [1.165, 1.54) is 12.1 Å². The standard InChI is InChI=1S/C23H17N3O4S/c1-14-10-12-15(13-11-14)31(28,29)26-23(27)30-22-17-7-3-5-9-19(17)24-20-16-6-2-4-8-18(16)25-21(20)22/h2-13,25H,1H3,(H,26,27). The Morgan fingerprint density at radius 1 is 0.935 bits per heavy atom. The maximum atomic E-state index is 12.6. The quantitative estimate of drug-likeness (QED) is 0.433. The molecule has 2 aromatic heterocycles. The fourth-order valence-corrected chi connectivity index (χ4v) is 4.40. The van der Waals surface area contributed by atoms with Crippen LogP contribution in [0.1, 0.15) is 5.56 Å². The monoisotopic (exact) mass is 431 g/mol. The van der Waals surface area contributed by atoms with Crippen LogP contribution in [0.15, 0.2) is 77.7 Å². The van der Waals surface area contributed by atoms with E-state index in [0.29, 0.717) is 21.9 Å². The molecule has 0 aliphatic carbocycles. The van der Waals surface area contributed by atoms with Gasteiger partial charge in [0.2, 0.25) is 0 Å². The predicted octanol–water partition coefficient (Wildman–Crippen LogP) is 4.66. The first kappa shape index (κ1) is 19.1. The summed E-state index contributed by atoms with van der Waals surface area (Å²) in [6.45, 7) is 1.85. The average Bonchev–Trinajstić information content (AvgIpc) is 3.12. The number of nitrogens with zero attached hydrogens (tertiary/aromatic N) is 1. The van der Waals surface area contributed by atoms with Crippen LogP contribution in [-0.2, 0) is 10.0 Å². The lowest BCUT2D eigenvalue weighted by Crippen LogP contribution is -2.33. The third kappa shape index (κ3) is 3.36. The maximum absolute atomic E-state index is 12.6. The fourth-order valence-electron chi connectivity index (χ4n) is 3.53. The number of hydrogen-bond donors (Lipinski definition) is 2.